The number of hydrogen-bond donors (Lipinski definition) is 1. The van der Waals surface area contributed by atoms with Crippen molar-refractivity contribution in [3.05, 3.63) is 16.6 Å². The summed E-state index contributed by atoms with van der Waals surface area (Å²) in [5.74, 6) is 1.35. The average Bonchev–Trinajstić information content (AvgIpc) is 2.93. The second-order valence-electron chi connectivity index (χ2n) is 6.56. The molecular formula is C16H29N3S. The molecule has 0 bridgehead atoms. The second kappa shape index (κ2) is 7.01. The van der Waals surface area contributed by atoms with E-state index in [1.54, 1.807) is 11.3 Å². The van der Waals surface area contributed by atoms with Crippen LogP contribution in [0, 0.1) is 11.8 Å². The summed E-state index contributed by atoms with van der Waals surface area (Å²) in [4.78, 5) is 7.30. The molecule has 1 aliphatic heterocycles. The van der Waals surface area contributed by atoms with Crippen LogP contribution < -0.4 is 5.32 Å². The number of piperazine rings is 1. The van der Waals surface area contributed by atoms with Gasteiger partial charge >= 0.3 is 0 Å². The fourth-order valence-electron chi connectivity index (χ4n) is 3.19. The van der Waals surface area contributed by atoms with Gasteiger partial charge in [-0.05, 0) is 18.3 Å². The van der Waals surface area contributed by atoms with Crippen LogP contribution >= 0.6 is 11.3 Å². The monoisotopic (exact) mass is 295 g/mol. The zero-order valence-electron chi connectivity index (χ0n) is 13.5. The lowest BCUT2D eigenvalue weighted by Crippen LogP contribution is -2.60. The minimum atomic E-state index is 0.478. The predicted molar refractivity (Wildman–Crippen MR) is 87.1 cm³/mol. The summed E-state index contributed by atoms with van der Waals surface area (Å²) in [6.07, 6.45) is 3.08. The molecule has 2 rings (SSSR count). The Morgan fingerprint density at radius 1 is 1.35 bits per heavy atom. The van der Waals surface area contributed by atoms with Crippen molar-refractivity contribution in [2.45, 2.75) is 59.2 Å². The number of hydrogen-bond acceptors (Lipinski definition) is 4. The average molecular weight is 295 g/mol. The van der Waals surface area contributed by atoms with Gasteiger partial charge in [0.05, 0.1) is 6.04 Å². The van der Waals surface area contributed by atoms with Gasteiger partial charge in [-0.1, -0.05) is 34.6 Å². The van der Waals surface area contributed by atoms with Gasteiger partial charge in [-0.25, -0.2) is 4.98 Å². The molecule has 0 saturated carbocycles. The maximum Gasteiger partial charge on any atom is 0.110 e. The van der Waals surface area contributed by atoms with Crippen molar-refractivity contribution in [3.63, 3.8) is 0 Å². The Hall–Kier alpha value is -0.450. The number of nitrogens with zero attached hydrogens (tertiary/aromatic N) is 2. The molecule has 1 aliphatic rings. The first kappa shape index (κ1) is 15.9. The van der Waals surface area contributed by atoms with Crippen LogP contribution in [0.3, 0.4) is 0 Å². The van der Waals surface area contributed by atoms with E-state index in [0.717, 1.165) is 19.5 Å². The van der Waals surface area contributed by atoms with Gasteiger partial charge in [-0.3, -0.25) is 4.90 Å². The van der Waals surface area contributed by atoms with Gasteiger partial charge in [0.1, 0.15) is 5.01 Å². The maximum absolute atomic E-state index is 4.58. The van der Waals surface area contributed by atoms with Gasteiger partial charge in [0.25, 0.3) is 0 Å². The Morgan fingerprint density at radius 3 is 2.60 bits per heavy atom. The van der Waals surface area contributed by atoms with E-state index in [1.807, 2.05) is 6.20 Å². The SMILES string of the molecule is CCC(c1nccs1)N1CC(C(C)C)NCC1C(C)C. The van der Waals surface area contributed by atoms with Gasteiger partial charge in [0, 0.05) is 36.8 Å². The van der Waals surface area contributed by atoms with Crippen LogP contribution in [0.25, 0.3) is 0 Å². The first-order chi connectivity index (χ1) is 9.54. The molecule has 4 heteroatoms. The number of aromatic nitrogens is 1. The minimum absolute atomic E-state index is 0.478. The van der Waals surface area contributed by atoms with Crippen molar-refractivity contribution in [1.82, 2.24) is 15.2 Å². The third-order valence-electron chi connectivity index (χ3n) is 4.52. The fourth-order valence-corrected chi connectivity index (χ4v) is 4.03. The highest BCUT2D eigenvalue weighted by molar-refractivity contribution is 7.09. The van der Waals surface area contributed by atoms with Crippen LogP contribution in [0.1, 0.15) is 52.1 Å². The predicted octanol–water partition coefficient (Wildman–Crippen LogP) is 3.55. The summed E-state index contributed by atoms with van der Waals surface area (Å²) in [7, 11) is 0. The summed E-state index contributed by atoms with van der Waals surface area (Å²) in [6.45, 7) is 13.8. The van der Waals surface area contributed by atoms with Crippen LogP contribution in [0.2, 0.25) is 0 Å². The standard InChI is InChI=1S/C16H29N3S/c1-6-14(16-17-7-8-20-16)19-10-13(11(2)3)18-9-15(19)12(4)5/h7-8,11-15,18H,6,9-10H2,1-5H3. The number of thiazole rings is 1. The van der Waals surface area contributed by atoms with E-state index >= 15 is 0 Å². The molecule has 3 atom stereocenters. The minimum Gasteiger partial charge on any atom is -0.311 e. The highest BCUT2D eigenvalue weighted by Crippen LogP contribution is 2.32. The van der Waals surface area contributed by atoms with Crippen molar-refractivity contribution < 1.29 is 0 Å². The molecule has 0 aromatic carbocycles. The largest absolute Gasteiger partial charge is 0.311 e. The molecule has 0 spiro atoms. The summed E-state index contributed by atoms with van der Waals surface area (Å²) in [5, 5.41) is 7.13. The van der Waals surface area contributed by atoms with Crippen LogP contribution in [0.15, 0.2) is 11.6 Å². The smallest absolute Gasteiger partial charge is 0.110 e. The Kier molecular flexibility index (Phi) is 5.58. The first-order valence-corrected chi connectivity index (χ1v) is 8.81. The van der Waals surface area contributed by atoms with E-state index in [1.165, 1.54) is 5.01 Å². The van der Waals surface area contributed by atoms with Gasteiger partial charge < -0.3 is 5.32 Å². The van der Waals surface area contributed by atoms with Crippen molar-refractivity contribution in [2.75, 3.05) is 13.1 Å². The van der Waals surface area contributed by atoms with Crippen molar-refractivity contribution in [1.29, 1.82) is 0 Å². The zero-order chi connectivity index (χ0) is 14.7. The Bertz CT molecular complexity index is 388. The lowest BCUT2D eigenvalue weighted by molar-refractivity contribution is 0.0428. The van der Waals surface area contributed by atoms with Gasteiger partial charge in [0.2, 0.25) is 0 Å². The number of rotatable bonds is 5. The lowest BCUT2D eigenvalue weighted by Gasteiger charge is -2.46. The fraction of sp³-hybridized carbons (Fsp3) is 0.812. The maximum atomic E-state index is 4.58. The quantitative estimate of drug-likeness (QED) is 0.900. The molecule has 3 unspecified atom stereocenters. The van der Waals surface area contributed by atoms with Crippen LogP contribution in [0.4, 0.5) is 0 Å². The molecule has 20 heavy (non-hydrogen) atoms. The van der Waals surface area contributed by atoms with Gasteiger partial charge in [-0.2, -0.15) is 0 Å². The van der Waals surface area contributed by atoms with E-state index in [2.05, 4.69) is 55.2 Å². The molecule has 1 fully saturated rings. The molecule has 1 aromatic rings. The third-order valence-corrected chi connectivity index (χ3v) is 5.40. The molecule has 1 N–H and O–H groups in total. The van der Waals surface area contributed by atoms with E-state index in [9.17, 15) is 0 Å². The van der Waals surface area contributed by atoms with Crippen LogP contribution in [-0.4, -0.2) is 35.1 Å². The normalized spacial score (nSPS) is 26.4. The first-order valence-electron chi connectivity index (χ1n) is 7.93. The van der Waals surface area contributed by atoms with E-state index in [-0.39, 0.29) is 0 Å². The summed E-state index contributed by atoms with van der Waals surface area (Å²) >= 11 is 1.80. The molecule has 1 saturated heterocycles. The van der Waals surface area contributed by atoms with Crippen LogP contribution in [-0.2, 0) is 0 Å². The van der Waals surface area contributed by atoms with Crippen LogP contribution in [0.5, 0.6) is 0 Å². The second-order valence-corrected chi connectivity index (χ2v) is 7.49. The van der Waals surface area contributed by atoms with E-state index < -0.39 is 0 Å². The topological polar surface area (TPSA) is 28.2 Å². The molecule has 0 radical (unpaired) electrons. The Labute approximate surface area is 127 Å². The van der Waals surface area contributed by atoms with Crippen molar-refractivity contribution in [3.8, 4) is 0 Å². The van der Waals surface area contributed by atoms with E-state index in [4.69, 9.17) is 0 Å². The molecule has 0 aliphatic carbocycles. The molecule has 1 aromatic heterocycles. The lowest BCUT2D eigenvalue weighted by atomic mass is 9.92. The highest BCUT2D eigenvalue weighted by Gasteiger charge is 2.35. The molecule has 114 valence electrons. The van der Waals surface area contributed by atoms with Gasteiger partial charge in [0.15, 0.2) is 0 Å². The van der Waals surface area contributed by atoms with E-state index in [0.29, 0.717) is 30.0 Å². The third kappa shape index (κ3) is 3.41. The highest BCUT2D eigenvalue weighted by atomic mass is 32.1. The summed E-state index contributed by atoms with van der Waals surface area (Å²) in [6, 6.07) is 1.68. The van der Waals surface area contributed by atoms with Gasteiger partial charge in [-0.15, -0.1) is 11.3 Å². The summed E-state index contributed by atoms with van der Waals surface area (Å²) in [5.41, 5.74) is 0. The molecule has 0 amide bonds. The zero-order valence-corrected chi connectivity index (χ0v) is 14.3. The Balaban J connectivity index is 2.21. The van der Waals surface area contributed by atoms with Crippen molar-refractivity contribution in [2.24, 2.45) is 11.8 Å². The number of nitrogens with one attached hydrogen (secondary N) is 1. The summed E-state index contributed by atoms with van der Waals surface area (Å²) < 4.78 is 0. The van der Waals surface area contributed by atoms with Crippen molar-refractivity contribution >= 4 is 11.3 Å². The molecule has 3 nitrogen and oxygen atoms in total. The Morgan fingerprint density at radius 2 is 2.10 bits per heavy atom. The molecule has 2 heterocycles. The molecular weight excluding hydrogens is 266 g/mol.